The molecule has 2 saturated heterocycles. The van der Waals surface area contributed by atoms with Crippen LogP contribution in [0.5, 0.6) is 0 Å². The van der Waals surface area contributed by atoms with Gasteiger partial charge in [0, 0.05) is 13.1 Å². The van der Waals surface area contributed by atoms with E-state index < -0.39 is 11.2 Å². The number of nitrogens with zero attached hydrogens (tertiary/aromatic N) is 4. The van der Waals surface area contributed by atoms with E-state index in [-0.39, 0.29) is 0 Å². The van der Waals surface area contributed by atoms with Crippen molar-refractivity contribution in [1.29, 1.82) is 5.26 Å². The number of thioether (sulfide) groups is 1. The summed E-state index contributed by atoms with van der Waals surface area (Å²) >= 11 is 1.21. The van der Waals surface area contributed by atoms with Gasteiger partial charge in [-0.3, -0.25) is 4.79 Å². The highest BCUT2D eigenvalue weighted by Crippen LogP contribution is 2.43. The Kier molecular flexibility index (Phi) is 8.28. The summed E-state index contributed by atoms with van der Waals surface area (Å²) in [5.74, 6) is 1.63. The lowest BCUT2D eigenvalue weighted by Gasteiger charge is -2.39. The fraction of sp³-hybridized carbons (Fsp3) is 0.481. The lowest BCUT2D eigenvalue weighted by atomic mass is 9.79. The number of aromatic nitrogens is 1. The first kappa shape index (κ1) is 25.0. The van der Waals surface area contributed by atoms with Gasteiger partial charge in [-0.05, 0) is 68.2 Å². The number of hydrogen-bond donors (Lipinski definition) is 2. The van der Waals surface area contributed by atoms with E-state index in [2.05, 4.69) is 21.1 Å². The molecule has 3 heterocycles. The highest BCUT2D eigenvalue weighted by atomic mass is 32.2. The molecular weight excluding hydrogens is 456 g/mol. The van der Waals surface area contributed by atoms with E-state index in [4.69, 9.17) is 17.3 Å². The minimum Gasteiger partial charge on any atom is -0.368 e. The number of nitrogens with one attached hydrogen (secondary N) is 1. The van der Waals surface area contributed by atoms with Gasteiger partial charge in [-0.2, -0.15) is 5.26 Å². The molecule has 1 atom stereocenters. The third kappa shape index (κ3) is 5.45. The van der Waals surface area contributed by atoms with Gasteiger partial charge in [-0.1, -0.05) is 49.0 Å². The van der Waals surface area contributed by atoms with E-state index in [1.807, 2.05) is 37.3 Å². The Morgan fingerprint density at radius 3 is 2.49 bits per heavy atom. The number of nitriles is 1. The largest absolute Gasteiger partial charge is 0.368 e. The van der Waals surface area contributed by atoms with Gasteiger partial charge in [-0.15, -0.1) is 0 Å². The molecule has 2 aliphatic heterocycles. The molecule has 35 heavy (non-hydrogen) atoms. The van der Waals surface area contributed by atoms with Gasteiger partial charge in [0.05, 0.1) is 12.1 Å². The van der Waals surface area contributed by atoms with Gasteiger partial charge in [-0.25, -0.2) is 9.83 Å². The molecular formula is C27H32N6OS. The quantitative estimate of drug-likeness (QED) is 0.436. The van der Waals surface area contributed by atoms with Gasteiger partial charge in [0.15, 0.2) is 0 Å². The zero-order chi connectivity index (χ0) is 24.8. The average molecular weight is 489 g/mol. The maximum atomic E-state index is 12.4. The fourth-order valence-electron chi connectivity index (χ4n) is 5.40. The summed E-state index contributed by atoms with van der Waals surface area (Å²) in [4.78, 5) is 23.3. The van der Waals surface area contributed by atoms with Gasteiger partial charge in [0.1, 0.15) is 22.2 Å². The number of pyridine rings is 1. The van der Waals surface area contributed by atoms with E-state index in [0.717, 1.165) is 50.5 Å². The fourth-order valence-corrected chi connectivity index (χ4v) is 6.46. The summed E-state index contributed by atoms with van der Waals surface area (Å²) in [6.45, 7) is 13.8. The lowest BCUT2D eigenvalue weighted by molar-refractivity contribution is -0.117. The minimum absolute atomic E-state index is 0.374. The molecule has 2 aliphatic rings. The summed E-state index contributed by atoms with van der Waals surface area (Å²) in [7, 11) is 0. The monoisotopic (exact) mass is 488 g/mol. The Morgan fingerprint density at radius 1 is 1.26 bits per heavy atom. The Hall–Kier alpha value is -3.07. The molecule has 1 aromatic carbocycles. The predicted octanol–water partition coefficient (Wildman–Crippen LogP) is 4.60. The zero-order valence-electron chi connectivity index (χ0n) is 20.2. The summed E-state index contributed by atoms with van der Waals surface area (Å²) in [6.07, 6.45) is 5.19. The van der Waals surface area contributed by atoms with Crippen molar-refractivity contribution in [3.63, 3.8) is 0 Å². The van der Waals surface area contributed by atoms with Gasteiger partial charge in [0.2, 0.25) is 11.6 Å². The van der Waals surface area contributed by atoms with Crippen LogP contribution in [0, 0.1) is 29.7 Å². The number of hydrogen-bond acceptors (Lipinski definition) is 6. The maximum Gasteiger partial charge on any atom is 0.235 e. The number of piperidine rings is 2. The summed E-state index contributed by atoms with van der Waals surface area (Å²) < 4.78 is 0. The Labute approximate surface area is 211 Å². The van der Waals surface area contributed by atoms with Crippen molar-refractivity contribution in [2.45, 2.75) is 49.3 Å². The molecule has 2 aromatic rings. The Balaban J connectivity index is 1.66. The van der Waals surface area contributed by atoms with Crippen LogP contribution in [0.3, 0.4) is 0 Å². The van der Waals surface area contributed by atoms with Crippen LogP contribution in [0.15, 0.2) is 35.4 Å². The van der Waals surface area contributed by atoms with Gasteiger partial charge < -0.3 is 16.0 Å². The topological polar surface area (TPSA) is 99.4 Å². The first-order valence-corrected chi connectivity index (χ1v) is 13.3. The molecule has 1 aromatic heterocycles. The van der Waals surface area contributed by atoms with Crippen LogP contribution in [-0.2, 0) is 11.2 Å². The van der Waals surface area contributed by atoms with Gasteiger partial charge in [0.25, 0.3) is 0 Å². The minimum atomic E-state index is -0.669. The molecule has 4 rings (SSSR count). The Morgan fingerprint density at radius 2 is 1.91 bits per heavy atom. The molecule has 1 unspecified atom stereocenters. The van der Waals surface area contributed by atoms with Crippen LogP contribution < -0.4 is 16.0 Å². The van der Waals surface area contributed by atoms with E-state index in [1.54, 1.807) is 0 Å². The molecule has 0 bridgehead atoms. The number of amides is 1. The highest BCUT2D eigenvalue weighted by molar-refractivity contribution is 8.00. The summed E-state index contributed by atoms with van der Waals surface area (Å²) in [6, 6.07) is 11.6. The van der Waals surface area contributed by atoms with Crippen LogP contribution in [0.2, 0.25) is 0 Å². The molecule has 0 radical (unpaired) electrons. The first-order valence-electron chi connectivity index (χ1n) is 12.4. The molecule has 8 heteroatoms. The standard InChI is InChI=1S/C27H32N6OS/c1-3-21-22(17-28)27(35-24(25(29)34)20-7-5-4-6-8-20)32-26(23(21)30-2)33-15-11-19(12-16-33)18-9-13-31-14-10-18/h4-8,18-19,24,31H,3,9-16H2,1H3,(H2,29,34). The third-order valence-electron chi connectivity index (χ3n) is 7.28. The highest BCUT2D eigenvalue weighted by Gasteiger charge is 2.31. The van der Waals surface area contributed by atoms with Crippen LogP contribution >= 0.6 is 11.8 Å². The smallest absolute Gasteiger partial charge is 0.235 e. The number of carbonyl (C=O) groups is 1. The number of rotatable bonds is 7. The Bertz CT molecular complexity index is 1130. The van der Waals surface area contributed by atoms with Crippen molar-refractivity contribution >= 4 is 29.2 Å². The van der Waals surface area contributed by atoms with Crippen molar-refractivity contribution in [2.75, 3.05) is 31.1 Å². The molecule has 182 valence electrons. The normalized spacial score (nSPS) is 18.0. The predicted molar refractivity (Wildman–Crippen MR) is 139 cm³/mol. The molecule has 0 aliphatic carbocycles. The molecule has 0 saturated carbocycles. The van der Waals surface area contributed by atoms with E-state index >= 15 is 0 Å². The lowest BCUT2D eigenvalue weighted by Crippen LogP contribution is -2.39. The van der Waals surface area contributed by atoms with Crippen LogP contribution in [0.25, 0.3) is 4.85 Å². The third-order valence-corrected chi connectivity index (χ3v) is 8.54. The van der Waals surface area contributed by atoms with E-state index in [9.17, 15) is 10.1 Å². The van der Waals surface area contributed by atoms with Crippen LogP contribution in [-0.4, -0.2) is 37.1 Å². The molecule has 1 amide bonds. The van der Waals surface area contributed by atoms with Crippen molar-refractivity contribution in [3.8, 4) is 6.07 Å². The summed E-state index contributed by atoms with van der Waals surface area (Å²) in [5, 5.41) is 13.3. The molecule has 3 N–H and O–H groups in total. The van der Waals surface area contributed by atoms with Crippen molar-refractivity contribution in [2.24, 2.45) is 17.6 Å². The second kappa shape index (κ2) is 11.6. The van der Waals surface area contributed by atoms with Crippen molar-refractivity contribution in [1.82, 2.24) is 10.3 Å². The van der Waals surface area contributed by atoms with Gasteiger partial charge >= 0.3 is 0 Å². The molecule has 7 nitrogen and oxygen atoms in total. The van der Waals surface area contributed by atoms with Crippen molar-refractivity contribution in [3.05, 3.63) is 58.4 Å². The second-order valence-electron chi connectivity index (χ2n) is 9.24. The SMILES string of the molecule is [C-]#[N+]c1c(N2CCC(C3CCNCC3)CC2)nc(SC(C(N)=O)c2ccccc2)c(C#N)c1CC. The van der Waals surface area contributed by atoms with Crippen LogP contribution in [0.1, 0.15) is 54.5 Å². The number of primary amides is 1. The number of carbonyl (C=O) groups excluding carboxylic acids is 1. The van der Waals surface area contributed by atoms with Crippen molar-refractivity contribution < 1.29 is 4.79 Å². The number of benzene rings is 1. The molecule has 2 fully saturated rings. The first-order chi connectivity index (χ1) is 17.1. The van der Waals surface area contributed by atoms with Crippen LogP contribution in [0.4, 0.5) is 11.5 Å². The maximum absolute atomic E-state index is 12.4. The number of anilines is 1. The van der Waals surface area contributed by atoms with E-state index in [1.165, 1.54) is 24.6 Å². The molecule has 0 spiro atoms. The van der Waals surface area contributed by atoms with E-state index in [0.29, 0.717) is 40.0 Å². The number of nitrogens with two attached hydrogens (primary N) is 1. The second-order valence-corrected chi connectivity index (χ2v) is 10.3. The summed E-state index contributed by atoms with van der Waals surface area (Å²) in [5.41, 5.74) is 8.08. The average Bonchev–Trinajstić information content (AvgIpc) is 2.91. The zero-order valence-corrected chi connectivity index (χ0v) is 21.0.